The second kappa shape index (κ2) is 10.1. The molecule has 2 aromatic carbocycles. The number of aromatic nitrogens is 3. The molecule has 1 aliphatic rings. The molecule has 1 saturated heterocycles. The topological polar surface area (TPSA) is 85.9 Å². The fraction of sp³-hybridized carbons (Fsp3) is 0.269. The van der Waals surface area contributed by atoms with E-state index in [1.54, 1.807) is 43.1 Å². The van der Waals surface area contributed by atoms with Crippen LogP contribution >= 0.6 is 0 Å². The smallest absolute Gasteiger partial charge is 0.274 e. The van der Waals surface area contributed by atoms with Crippen LogP contribution in [0.1, 0.15) is 0 Å². The van der Waals surface area contributed by atoms with E-state index in [9.17, 15) is 9.18 Å². The molecule has 0 atom stereocenters. The lowest BCUT2D eigenvalue weighted by atomic mass is 10.2. The van der Waals surface area contributed by atoms with E-state index in [1.165, 1.54) is 12.1 Å². The van der Waals surface area contributed by atoms with E-state index in [-0.39, 0.29) is 18.3 Å². The molecular weight excluding hydrogens is 465 g/mol. The Balaban J connectivity index is 1.25. The number of nitrogens with zero attached hydrogens (tertiary/aromatic N) is 5. The van der Waals surface area contributed by atoms with E-state index >= 15 is 0 Å². The fourth-order valence-corrected chi connectivity index (χ4v) is 4.28. The Morgan fingerprint density at radius 3 is 2.47 bits per heavy atom. The monoisotopic (exact) mass is 491 g/mol. The minimum absolute atomic E-state index is 0.00540. The summed E-state index contributed by atoms with van der Waals surface area (Å²) in [5.41, 5.74) is 2.33. The Kier molecular flexibility index (Phi) is 6.57. The number of rotatable bonds is 7. The number of ether oxygens (including phenoxy) is 2. The van der Waals surface area contributed by atoms with Crippen molar-refractivity contribution >= 4 is 11.6 Å². The molecule has 0 spiro atoms. The Bertz CT molecular complexity index is 1340. The van der Waals surface area contributed by atoms with E-state index in [1.807, 2.05) is 29.3 Å². The summed E-state index contributed by atoms with van der Waals surface area (Å²) >= 11 is 0. The maximum atomic E-state index is 13.2. The van der Waals surface area contributed by atoms with Gasteiger partial charge < -0.3 is 28.4 Å². The van der Waals surface area contributed by atoms with E-state index < -0.39 is 0 Å². The van der Waals surface area contributed by atoms with Crippen LogP contribution in [0.25, 0.3) is 23.0 Å². The molecule has 0 bridgehead atoms. The Hall–Kier alpha value is -4.34. The van der Waals surface area contributed by atoms with Crippen molar-refractivity contribution in [1.29, 1.82) is 0 Å². The second-order valence-corrected chi connectivity index (χ2v) is 8.36. The molecule has 4 aromatic rings. The normalized spacial score (nSPS) is 13.6. The van der Waals surface area contributed by atoms with Gasteiger partial charge in [-0.05, 0) is 54.6 Å². The average Bonchev–Trinajstić information content (AvgIpc) is 3.58. The molecule has 2 aromatic heterocycles. The van der Waals surface area contributed by atoms with Crippen molar-refractivity contribution < 1.29 is 23.2 Å². The first-order chi connectivity index (χ1) is 17.6. The third-order valence-electron chi connectivity index (χ3n) is 6.25. The first-order valence-corrected chi connectivity index (χ1v) is 11.6. The van der Waals surface area contributed by atoms with Crippen LogP contribution < -0.4 is 14.4 Å². The van der Waals surface area contributed by atoms with E-state index in [2.05, 4.69) is 15.0 Å². The first kappa shape index (κ1) is 23.4. The highest BCUT2D eigenvalue weighted by molar-refractivity contribution is 5.77. The maximum absolute atomic E-state index is 13.2. The molecule has 0 saturated carbocycles. The van der Waals surface area contributed by atoms with E-state index in [4.69, 9.17) is 14.0 Å². The van der Waals surface area contributed by atoms with Gasteiger partial charge in [-0.1, -0.05) is 5.16 Å². The fourth-order valence-electron chi connectivity index (χ4n) is 4.28. The zero-order valence-corrected chi connectivity index (χ0v) is 20.1. The molecule has 5 rings (SSSR count). The van der Waals surface area contributed by atoms with Gasteiger partial charge in [0.05, 0.1) is 14.2 Å². The van der Waals surface area contributed by atoms with Gasteiger partial charge in [0.2, 0.25) is 11.7 Å². The number of hydrogen-bond acceptors (Lipinski definition) is 7. The highest BCUT2D eigenvalue weighted by Crippen LogP contribution is 2.32. The SMILES string of the molecule is COc1ccc(-c2noc(-c3cccn3CC(=O)N3CCN(c4ccc(F)cc4)CC3)n2)cc1OC. The van der Waals surface area contributed by atoms with Gasteiger partial charge >= 0.3 is 0 Å². The second-order valence-electron chi connectivity index (χ2n) is 8.36. The van der Waals surface area contributed by atoms with Crippen LogP contribution in [0.15, 0.2) is 65.3 Å². The third-order valence-corrected chi connectivity index (χ3v) is 6.25. The van der Waals surface area contributed by atoms with Gasteiger partial charge in [-0.25, -0.2) is 4.39 Å². The number of piperazine rings is 1. The molecule has 0 N–H and O–H groups in total. The van der Waals surface area contributed by atoms with Gasteiger partial charge in [-0.3, -0.25) is 4.79 Å². The third kappa shape index (κ3) is 4.74. The minimum atomic E-state index is -0.257. The lowest BCUT2D eigenvalue weighted by molar-refractivity contribution is -0.132. The van der Waals surface area contributed by atoms with Crippen molar-refractivity contribution in [3.63, 3.8) is 0 Å². The zero-order valence-electron chi connectivity index (χ0n) is 20.1. The number of carbonyl (C=O) groups excluding carboxylic acids is 1. The summed E-state index contributed by atoms with van der Waals surface area (Å²) in [6.45, 7) is 2.73. The molecule has 10 heteroatoms. The minimum Gasteiger partial charge on any atom is -0.493 e. The molecular formula is C26H26FN5O4. The number of halogens is 1. The number of benzene rings is 2. The van der Waals surface area contributed by atoms with E-state index in [0.29, 0.717) is 55.1 Å². The van der Waals surface area contributed by atoms with Crippen LogP contribution in [-0.4, -0.2) is 65.9 Å². The zero-order chi connectivity index (χ0) is 25.1. The van der Waals surface area contributed by atoms with Gasteiger partial charge in [0.15, 0.2) is 11.5 Å². The number of anilines is 1. The van der Waals surface area contributed by atoms with Crippen molar-refractivity contribution in [2.45, 2.75) is 6.54 Å². The van der Waals surface area contributed by atoms with Crippen LogP contribution in [0.5, 0.6) is 11.5 Å². The Morgan fingerprint density at radius 2 is 1.75 bits per heavy atom. The van der Waals surface area contributed by atoms with Crippen molar-refractivity contribution in [2.24, 2.45) is 0 Å². The Labute approximate surface area is 207 Å². The molecule has 0 unspecified atom stereocenters. The van der Waals surface area contributed by atoms with Gasteiger partial charge in [-0.2, -0.15) is 4.98 Å². The molecule has 1 fully saturated rings. The van der Waals surface area contributed by atoms with Crippen molar-refractivity contribution in [3.8, 4) is 34.5 Å². The molecule has 36 heavy (non-hydrogen) atoms. The number of carbonyl (C=O) groups is 1. The number of methoxy groups -OCH3 is 2. The molecule has 9 nitrogen and oxygen atoms in total. The van der Waals surface area contributed by atoms with Crippen LogP contribution in [0.2, 0.25) is 0 Å². The van der Waals surface area contributed by atoms with E-state index in [0.717, 1.165) is 11.3 Å². The molecule has 1 aliphatic heterocycles. The average molecular weight is 492 g/mol. The predicted molar refractivity (Wildman–Crippen MR) is 131 cm³/mol. The molecule has 186 valence electrons. The quantitative estimate of drug-likeness (QED) is 0.390. The maximum Gasteiger partial charge on any atom is 0.274 e. The van der Waals surface area contributed by atoms with Crippen molar-refractivity contribution in [1.82, 2.24) is 19.6 Å². The van der Waals surface area contributed by atoms with Gasteiger partial charge in [0.1, 0.15) is 18.1 Å². The Morgan fingerprint density at radius 1 is 1.00 bits per heavy atom. The highest BCUT2D eigenvalue weighted by Gasteiger charge is 2.23. The lowest BCUT2D eigenvalue weighted by Gasteiger charge is -2.36. The summed E-state index contributed by atoms with van der Waals surface area (Å²) in [7, 11) is 3.14. The summed E-state index contributed by atoms with van der Waals surface area (Å²) < 4.78 is 31.2. The molecule has 3 heterocycles. The van der Waals surface area contributed by atoms with Crippen LogP contribution in [0.4, 0.5) is 10.1 Å². The number of amides is 1. The summed E-state index contributed by atoms with van der Waals surface area (Å²) in [6.07, 6.45) is 1.82. The van der Waals surface area contributed by atoms with Gasteiger partial charge in [0.25, 0.3) is 5.89 Å². The first-order valence-electron chi connectivity index (χ1n) is 11.6. The summed E-state index contributed by atoms with van der Waals surface area (Å²) in [5.74, 6) is 1.64. The van der Waals surface area contributed by atoms with Gasteiger partial charge in [0, 0.05) is 43.6 Å². The standard InChI is InChI=1S/C26H26FN5O4/c1-34-22-10-5-18(16-23(22)35-2)25-28-26(36-29-25)21-4-3-11-32(21)17-24(33)31-14-12-30(13-15-31)20-8-6-19(27)7-9-20/h3-11,16H,12-15,17H2,1-2H3. The summed E-state index contributed by atoms with van der Waals surface area (Å²) in [6, 6.07) is 15.5. The van der Waals surface area contributed by atoms with Crippen molar-refractivity contribution in [2.75, 3.05) is 45.3 Å². The number of hydrogen-bond donors (Lipinski definition) is 0. The summed E-state index contributed by atoms with van der Waals surface area (Å²) in [4.78, 5) is 21.6. The predicted octanol–water partition coefficient (Wildman–Crippen LogP) is 3.71. The lowest BCUT2D eigenvalue weighted by Crippen LogP contribution is -2.49. The van der Waals surface area contributed by atoms with Gasteiger partial charge in [-0.15, -0.1) is 0 Å². The van der Waals surface area contributed by atoms with Crippen molar-refractivity contribution in [3.05, 3.63) is 66.6 Å². The van der Waals surface area contributed by atoms with Crippen LogP contribution in [0.3, 0.4) is 0 Å². The highest BCUT2D eigenvalue weighted by atomic mass is 19.1. The summed E-state index contributed by atoms with van der Waals surface area (Å²) in [5, 5.41) is 4.11. The molecule has 1 amide bonds. The van der Waals surface area contributed by atoms with Crippen LogP contribution in [0, 0.1) is 5.82 Å². The molecule has 0 aliphatic carbocycles. The molecule has 0 radical (unpaired) electrons. The van der Waals surface area contributed by atoms with Crippen LogP contribution in [-0.2, 0) is 11.3 Å². The largest absolute Gasteiger partial charge is 0.493 e.